The molecule has 1 aromatic heterocycles. The van der Waals surface area contributed by atoms with Crippen molar-refractivity contribution in [2.75, 3.05) is 12.5 Å². The van der Waals surface area contributed by atoms with Crippen LogP contribution in [0.5, 0.6) is 6.01 Å². The molecule has 1 heterocycles. The van der Waals surface area contributed by atoms with E-state index in [1.54, 1.807) is 16.8 Å². The van der Waals surface area contributed by atoms with E-state index in [9.17, 15) is 8.42 Å². The van der Waals surface area contributed by atoms with Crippen LogP contribution in [0.15, 0.2) is 59.5 Å². The molecule has 0 amide bonds. The minimum atomic E-state index is -3.76. The van der Waals surface area contributed by atoms with Crippen molar-refractivity contribution in [3.8, 4) is 23.1 Å². The van der Waals surface area contributed by atoms with Gasteiger partial charge in [-0.2, -0.15) is 4.98 Å². The van der Waals surface area contributed by atoms with Gasteiger partial charge in [0.25, 0.3) is 0 Å². The highest BCUT2D eigenvalue weighted by molar-refractivity contribution is 7.89. The maximum Gasteiger partial charge on any atom is 0.336 e. The molecule has 0 saturated heterocycles. The normalized spacial score (nSPS) is 11.4. The molecule has 0 atom stereocenters. The van der Waals surface area contributed by atoms with Crippen LogP contribution in [0, 0.1) is 0 Å². The zero-order valence-corrected chi connectivity index (χ0v) is 14.6. The lowest BCUT2D eigenvalue weighted by Gasteiger charge is -2.06. The molecule has 3 aromatic rings. The first kappa shape index (κ1) is 17.4. The maximum atomic E-state index is 11.4. The van der Waals surface area contributed by atoms with E-state index in [2.05, 4.69) is 10.1 Å². The van der Waals surface area contributed by atoms with Gasteiger partial charge in [0.05, 0.1) is 16.5 Å². The summed E-state index contributed by atoms with van der Waals surface area (Å²) in [4.78, 5) is 4.42. The van der Waals surface area contributed by atoms with Crippen LogP contribution in [-0.2, 0) is 10.0 Å². The highest BCUT2D eigenvalue weighted by atomic mass is 35.5. The lowest BCUT2D eigenvalue weighted by Crippen LogP contribution is -2.12. The Balaban J connectivity index is 2.06. The number of alkyl halides is 1. The predicted octanol–water partition coefficient (Wildman–Crippen LogP) is 2.20. The quantitative estimate of drug-likeness (QED) is 0.663. The van der Waals surface area contributed by atoms with Gasteiger partial charge in [-0.3, -0.25) is 0 Å². The Kier molecular flexibility index (Phi) is 5.03. The lowest BCUT2D eigenvalue weighted by molar-refractivity contribution is 0.315. The van der Waals surface area contributed by atoms with Crippen LogP contribution < -0.4 is 9.88 Å². The molecule has 130 valence electrons. The van der Waals surface area contributed by atoms with Crippen molar-refractivity contribution in [2.24, 2.45) is 5.14 Å². The number of sulfonamides is 1. The van der Waals surface area contributed by atoms with Gasteiger partial charge in [-0.05, 0) is 24.3 Å². The summed E-state index contributed by atoms with van der Waals surface area (Å²) in [6, 6.07) is 15.7. The van der Waals surface area contributed by atoms with Crippen LogP contribution in [0.25, 0.3) is 17.1 Å². The summed E-state index contributed by atoms with van der Waals surface area (Å²) in [6.45, 7) is 0.282. The average molecular weight is 379 g/mol. The van der Waals surface area contributed by atoms with E-state index in [1.807, 2.05) is 30.3 Å². The Morgan fingerprint density at radius 1 is 1.08 bits per heavy atom. The summed E-state index contributed by atoms with van der Waals surface area (Å²) in [5, 5.41) is 9.46. The first-order chi connectivity index (χ1) is 12.0. The molecule has 9 heteroatoms. The molecule has 7 nitrogen and oxygen atoms in total. The van der Waals surface area contributed by atoms with Crippen molar-refractivity contribution < 1.29 is 13.2 Å². The van der Waals surface area contributed by atoms with Crippen LogP contribution in [0.4, 0.5) is 0 Å². The molecule has 0 bridgehead atoms. The van der Waals surface area contributed by atoms with Crippen LogP contribution in [0.2, 0.25) is 0 Å². The van der Waals surface area contributed by atoms with Crippen molar-refractivity contribution in [3.05, 3.63) is 54.6 Å². The van der Waals surface area contributed by atoms with E-state index < -0.39 is 10.0 Å². The number of benzene rings is 2. The third-order valence-electron chi connectivity index (χ3n) is 3.34. The lowest BCUT2D eigenvalue weighted by atomic mass is 10.2. The van der Waals surface area contributed by atoms with E-state index >= 15 is 0 Å². The van der Waals surface area contributed by atoms with Crippen LogP contribution in [-0.4, -0.2) is 35.7 Å². The third-order valence-corrected chi connectivity index (χ3v) is 4.42. The maximum absolute atomic E-state index is 11.4. The highest BCUT2D eigenvalue weighted by Gasteiger charge is 2.15. The molecule has 0 spiro atoms. The van der Waals surface area contributed by atoms with Gasteiger partial charge >= 0.3 is 6.01 Å². The van der Waals surface area contributed by atoms with Gasteiger partial charge in [0, 0.05) is 5.56 Å². The van der Waals surface area contributed by atoms with Gasteiger partial charge in [-0.25, -0.2) is 18.2 Å². The summed E-state index contributed by atoms with van der Waals surface area (Å²) >= 11 is 5.64. The van der Waals surface area contributed by atoms with Gasteiger partial charge < -0.3 is 4.74 Å². The van der Waals surface area contributed by atoms with Gasteiger partial charge in [0.15, 0.2) is 5.82 Å². The van der Waals surface area contributed by atoms with Crippen LogP contribution in [0.1, 0.15) is 0 Å². The molecule has 2 aromatic carbocycles. The number of nitrogens with zero attached hydrogens (tertiary/aromatic N) is 3. The summed E-state index contributed by atoms with van der Waals surface area (Å²) in [5.41, 5.74) is 1.46. The molecule has 0 aliphatic rings. The molecule has 0 radical (unpaired) electrons. The highest BCUT2D eigenvalue weighted by Crippen LogP contribution is 2.24. The number of primary sulfonamides is 1. The summed E-state index contributed by atoms with van der Waals surface area (Å²) in [5.74, 6) is 0.881. The van der Waals surface area contributed by atoms with Gasteiger partial charge in [-0.15, -0.1) is 16.7 Å². The molecule has 25 heavy (non-hydrogen) atoms. The largest absolute Gasteiger partial charge is 0.461 e. The second-order valence-electron chi connectivity index (χ2n) is 5.07. The first-order valence-corrected chi connectivity index (χ1v) is 9.41. The van der Waals surface area contributed by atoms with Gasteiger partial charge in [0.2, 0.25) is 10.0 Å². The molecular weight excluding hydrogens is 364 g/mol. The number of nitrogens with two attached hydrogens (primary N) is 1. The molecule has 3 rings (SSSR count). The average Bonchev–Trinajstić information content (AvgIpc) is 3.04. The zero-order valence-electron chi connectivity index (χ0n) is 13.0. The number of halogens is 1. The van der Waals surface area contributed by atoms with Crippen molar-refractivity contribution in [1.29, 1.82) is 0 Å². The molecular formula is C16H15ClN4O3S. The summed E-state index contributed by atoms with van der Waals surface area (Å²) < 4.78 is 29.8. The van der Waals surface area contributed by atoms with Gasteiger partial charge in [-0.1, -0.05) is 30.3 Å². The second-order valence-corrected chi connectivity index (χ2v) is 7.01. The van der Waals surface area contributed by atoms with Gasteiger partial charge in [0.1, 0.15) is 6.61 Å². The number of rotatable bonds is 6. The monoisotopic (exact) mass is 378 g/mol. The topological polar surface area (TPSA) is 100 Å². The van der Waals surface area contributed by atoms with E-state index in [0.717, 1.165) is 5.56 Å². The minimum Gasteiger partial charge on any atom is -0.461 e. The van der Waals surface area contributed by atoms with E-state index in [0.29, 0.717) is 17.4 Å². The fourth-order valence-corrected chi connectivity index (χ4v) is 2.81. The number of aromatic nitrogens is 3. The number of hydrogen-bond acceptors (Lipinski definition) is 5. The fourth-order valence-electron chi connectivity index (χ4n) is 2.22. The molecule has 0 fully saturated rings. The minimum absolute atomic E-state index is 0.0243. The van der Waals surface area contributed by atoms with Crippen molar-refractivity contribution in [1.82, 2.24) is 14.8 Å². The second kappa shape index (κ2) is 7.22. The van der Waals surface area contributed by atoms with E-state index in [-0.39, 0.29) is 17.5 Å². The third kappa shape index (κ3) is 3.98. The Labute approximate surface area is 150 Å². The SMILES string of the molecule is NS(=O)(=O)c1ccc(-n2nc(OCCCl)nc2-c2ccccc2)cc1. The van der Waals surface area contributed by atoms with Crippen LogP contribution in [0.3, 0.4) is 0 Å². The molecule has 0 aliphatic carbocycles. The Hall–Kier alpha value is -2.42. The first-order valence-electron chi connectivity index (χ1n) is 7.33. The summed E-state index contributed by atoms with van der Waals surface area (Å²) in [7, 11) is -3.76. The Morgan fingerprint density at radius 3 is 2.36 bits per heavy atom. The van der Waals surface area contributed by atoms with Crippen molar-refractivity contribution in [3.63, 3.8) is 0 Å². The fraction of sp³-hybridized carbons (Fsp3) is 0.125. The Bertz CT molecular complexity index is 957. The molecule has 0 saturated carbocycles. The summed E-state index contributed by atoms with van der Waals surface area (Å²) in [6.07, 6.45) is 0. The van der Waals surface area contributed by atoms with E-state index in [4.69, 9.17) is 21.5 Å². The molecule has 2 N–H and O–H groups in total. The van der Waals surface area contributed by atoms with Crippen molar-refractivity contribution in [2.45, 2.75) is 4.90 Å². The molecule has 0 aliphatic heterocycles. The Morgan fingerprint density at radius 2 is 1.76 bits per heavy atom. The smallest absolute Gasteiger partial charge is 0.336 e. The molecule has 0 unspecified atom stereocenters. The van der Waals surface area contributed by atoms with Crippen LogP contribution >= 0.6 is 11.6 Å². The van der Waals surface area contributed by atoms with Crippen molar-refractivity contribution >= 4 is 21.6 Å². The van der Waals surface area contributed by atoms with E-state index in [1.165, 1.54) is 12.1 Å². The zero-order chi connectivity index (χ0) is 17.9. The number of hydrogen-bond donors (Lipinski definition) is 1. The standard InChI is InChI=1S/C16H15ClN4O3S/c17-10-11-24-16-19-15(12-4-2-1-3-5-12)21(20-16)13-6-8-14(9-7-13)25(18,22)23/h1-9H,10-11H2,(H2,18,22,23). The predicted molar refractivity (Wildman–Crippen MR) is 94.4 cm³/mol. The number of ether oxygens (including phenoxy) is 1.